The molecule has 1 N–H and O–H groups in total. The van der Waals surface area contributed by atoms with E-state index >= 15 is 0 Å². The molecule has 1 aromatic rings. The Kier molecular flexibility index (Phi) is 5.00. The molecule has 0 aromatic heterocycles. The van der Waals surface area contributed by atoms with E-state index in [0.717, 1.165) is 38.0 Å². The molecule has 0 saturated carbocycles. The third-order valence-electron chi connectivity index (χ3n) is 4.98. The van der Waals surface area contributed by atoms with E-state index in [1.807, 2.05) is 25.1 Å². The fourth-order valence-corrected chi connectivity index (χ4v) is 3.80. The largest absolute Gasteiger partial charge is 0.478 e. The summed E-state index contributed by atoms with van der Waals surface area (Å²) < 4.78 is 0. The van der Waals surface area contributed by atoms with Crippen LogP contribution in [0.4, 0.5) is 0 Å². The SMILES string of the molecule is CCC(=O)N1C2CCC1CN(CC=Cc1ccc(C(=O)O)cc1)C2. The van der Waals surface area contributed by atoms with Crippen molar-refractivity contribution in [1.29, 1.82) is 0 Å². The van der Waals surface area contributed by atoms with Gasteiger partial charge in [-0.15, -0.1) is 0 Å². The van der Waals surface area contributed by atoms with E-state index in [9.17, 15) is 9.59 Å². The molecule has 2 aliphatic rings. The molecule has 5 nitrogen and oxygen atoms in total. The Morgan fingerprint density at radius 1 is 1.17 bits per heavy atom. The molecule has 1 amide bonds. The first-order valence-corrected chi connectivity index (χ1v) is 8.62. The first-order chi connectivity index (χ1) is 11.6. The molecule has 2 aliphatic heterocycles. The summed E-state index contributed by atoms with van der Waals surface area (Å²) in [6, 6.07) is 7.64. The Bertz CT molecular complexity index is 625. The smallest absolute Gasteiger partial charge is 0.335 e. The number of benzene rings is 1. The summed E-state index contributed by atoms with van der Waals surface area (Å²) in [6.45, 7) is 4.70. The van der Waals surface area contributed by atoms with Crippen LogP contribution >= 0.6 is 0 Å². The number of hydrogen-bond acceptors (Lipinski definition) is 3. The van der Waals surface area contributed by atoms with Gasteiger partial charge in [-0.3, -0.25) is 9.69 Å². The van der Waals surface area contributed by atoms with Gasteiger partial charge in [-0.1, -0.05) is 31.2 Å². The van der Waals surface area contributed by atoms with Gasteiger partial charge in [-0.05, 0) is 30.5 Å². The Balaban J connectivity index is 1.55. The predicted molar refractivity (Wildman–Crippen MR) is 92.8 cm³/mol. The highest BCUT2D eigenvalue weighted by Gasteiger charge is 2.41. The maximum atomic E-state index is 12.1. The number of fused-ring (bicyclic) bond motifs is 2. The van der Waals surface area contributed by atoms with E-state index in [1.165, 1.54) is 0 Å². The maximum Gasteiger partial charge on any atom is 0.335 e. The average molecular weight is 328 g/mol. The van der Waals surface area contributed by atoms with Crippen molar-refractivity contribution in [2.75, 3.05) is 19.6 Å². The fourth-order valence-electron chi connectivity index (χ4n) is 3.80. The summed E-state index contributed by atoms with van der Waals surface area (Å²) in [5.41, 5.74) is 1.31. The summed E-state index contributed by atoms with van der Waals surface area (Å²) in [5.74, 6) is -0.614. The summed E-state index contributed by atoms with van der Waals surface area (Å²) in [5, 5.41) is 8.90. The first-order valence-electron chi connectivity index (χ1n) is 8.62. The van der Waals surface area contributed by atoms with Crippen LogP contribution in [0.2, 0.25) is 0 Å². The van der Waals surface area contributed by atoms with Crippen molar-refractivity contribution in [3.05, 3.63) is 41.5 Å². The zero-order valence-corrected chi connectivity index (χ0v) is 14.0. The molecule has 5 heteroatoms. The molecule has 24 heavy (non-hydrogen) atoms. The van der Waals surface area contributed by atoms with Gasteiger partial charge >= 0.3 is 5.97 Å². The van der Waals surface area contributed by atoms with Gasteiger partial charge in [0, 0.05) is 38.1 Å². The van der Waals surface area contributed by atoms with Crippen molar-refractivity contribution in [1.82, 2.24) is 9.80 Å². The second-order valence-electron chi connectivity index (χ2n) is 6.59. The van der Waals surface area contributed by atoms with Gasteiger partial charge in [0.2, 0.25) is 5.91 Å². The molecule has 2 fully saturated rings. The first kappa shape index (κ1) is 16.7. The Labute approximate surface area is 142 Å². The van der Waals surface area contributed by atoms with Gasteiger partial charge in [-0.25, -0.2) is 4.79 Å². The third kappa shape index (κ3) is 3.51. The quantitative estimate of drug-likeness (QED) is 0.902. The highest BCUT2D eigenvalue weighted by molar-refractivity contribution is 5.87. The molecule has 2 saturated heterocycles. The number of amides is 1. The van der Waals surface area contributed by atoms with Crippen LogP contribution < -0.4 is 0 Å². The van der Waals surface area contributed by atoms with Crippen LogP contribution in [0.15, 0.2) is 30.3 Å². The molecular weight excluding hydrogens is 304 g/mol. The topological polar surface area (TPSA) is 60.9 Å². The van der Waals surface area contributed by atoms with Gasteiger partial charge in [0.1, 0.15) is 0 Å². The minimum absolute atomic E-state index is 0.288. The second kappa shape index (κ2) is 7.18. The summed E-state index contributed by atoms with van der Waals surface area (Å²) in [7, 11) is 0. The van der Waals surface area contributed by atoms with Crippen LogP contribution in [0.5, 0.6) is 0 Å². The van der Waals surface area contributed by atoms with Gasteiger partial charge in [0.25, 0.3) is 0 Å². The predicted octanol–water partition coefficient (Wildman–Crippen LogP) is 2.48. The van der Waals surface area contributed by atoms with Crippen molar-refractivity contribution in [3.8, 4) is 0 Å². The molecule has 3 rings (SSSR count). The van der Waals surface area contributed by atoms with Crippen molar-refractivity contribution in [2.24, 2.45) is 0 Å². The van der Waals surface area contributed by atoms with Gasteiger partial charge in [-0.2, -0.15) is 0 Å². The van der Waals surface area contributed by atoms with Crippen molar-refractivity contribution < 1.29 is 14.7 Å². The number of carboxylic acid groups (broad SMARTS) is 1. The number of carbonyl (C=O) groups excluding carboxylic acids is 1. The second-order valence-corrected chi connectivity index (χ2v) is 6.59. The van der Waals surface area contributed by atoms with E-state index in [4.69, 9.17) is 5.11 Å². The number of carbonyl (C=O) groups is 2. The minimum Gasteiger partial charge on any atom is -0.478 e. The van der Waals surface area contributed by atoms with Gasteiger partial charge < -0.3 is 10.0 Å². The van der Waals surface area contributed by atoms with Crippen LogP contribution in [0.3, 0.4) is 0 Å². The normalized spacial score (nSPS) is 23.8. The lowest BCUT2D eigenvalue weighted by Gasteiger charge is -2.40. The molecule has 0 spiro atoms. The molecular formula is C19H24N2O3. The zero-order chi connectivity index (χ0) is 17.1. The molecule has 2 unspecified atom stereocenters. The standard InChI is InChI=1S/C19H24N2O3/c1-2-18(22)21-16-9-10-17(21)13-20(12-16)11-3-4-14-5-7-15(8-6-14)19(23)24/h3-8,16-17H,2,9-13H2,1H3,(H,23,24). The molecule has 1 aromatic carbocycles. The van der Waals surface area contributed by atoms with E-state index in [1.54, 1.807) is 12.1 Å². The Morgan fingerprint density at radius 3 is 2.33 bits per heavy atom. The number of carboxylic acids is 1. The van der Waals surface area contributed by atoms with Crippen LogP contribution in [-0.4, -0.2) is 58.5 Å². The molecule has 128 valence electrons. The van der Waals surface area contributed by atoms with E-state index in [2.05, 4.69) is 15.9 Å². The van der Waals surface area contributed by atoms with Crippen LogP contribution in [0.1, 0.15) is 42.1 Å². The molecule has 0 aliphatic carbocycles. The number of hydrogen-bond donors (Lipinski definition) is 1. The van der Waals surface area contributed by atoms with Crippen molar-refractivity contribution in [3.63, 3.8) is 0 Å². The molecule has 2 heterocycles. The summed E-state index contributed by atoms with van der Waals surface area (Å²) in [4.78, 5) is 27.4. The average Bonchev–Trinajstić information content (AvgIpc) is 2.85. The van der Waals surface area contributed by atoms with Crippen LogP contribution in [-0.2, 0) is 4.79 Å². The lowest BCUT2D eigenvalue weighted by atomic mass is 10.1. The summed E-state index contributed by atoms with van der Waals surface area (Å²) in [6.07, 6.45) is 6.98. The number of likely N-dealkylation sites (tertiary alicyclic amines) is 1. The van der Waals surface area contributed by atoms with Crippen molar-refractivity contribution >= 4 is 18.0 Å². The van der Waals surface area contributed by atoms with E-state index in [0.29, 0.717) is 24.1 Å². The van der Waals surface area contributed by atoms with E-state index in [-0.39, 0.29) is 5.91 Å². The highest BCUT2D eigenvalue weighted by Crippen LogP contribution is 2.30. The number of nitrogens with zero attached hydrogens (tertiary/aromatic N) is 2. The van der Waals surface area contributed by atoms with Crippen LogP contribution in [0.25, 0.3) is 6.08 Å². The zero-order valence-electron chi connectivity index (χ0n) is 14.0. The van der Waals surface area contributed by atoms with Gasteiger partial charge in [0.15, 0.2) is 0 Å². The molecule has 2 bridgehead atoms. The number of rotatable bonds is 5. The lowest BCUT2D eigenvalue weighted by Crippen LogP contribution is -2.55. The molecule has 0 radical (unpaired) electrons. The minimum atomic E-state index is -0.902. The lowest BCUT2D eigenvalue weighted by molar-refractivity contribution is -0.136. The van der Waals surface area contributed by atoms with Crippen LogP contribution in [0, 0.1) is 0 Å². The van der Waals surface area contributed by atoms with Gasteiger partial charge in [0.05, 0.1) is 5.56 Å². The Morgan fingerprint density at radius 2 is 1.79 bits per heavy atom. The third-order valence-corrected chi connectivity index (χ3v) is 4.98. The fraction of sp³-hybridized carbons (Fsp3) is 0.474. The summed E-state index contributed by atoms with van der Waals surface area (Å²) >= 11 is 0. The number of piperazine rings is 1. The highest BCUT2D eigenvalue weighted by atomic mass is 16.4. The maximum absolute atomic E-state index is 12.1. The monoisotopic (exact) mass is 328 g/mol. The van der Waals surface area contributed by atoms with E-state index < -0.39 is 5.97 Å². The Hall–Kier alpha value is -2.14. The van der Waals surface area contributed by atoms with Crippen molar-refractivity contribution in [2.45, 2.75) is 38.3 Å². The number of aromatic carboxylic acids is 1. The molecule has 2 atom stereocenters.